The van der Waals surface area contributed by atoms with Crippen molar-refractivity contribution in [1.29, 1.82) is 0 Å². The van der Waals surface area contributed by atoms with Gasteiger partial charge in [0.25, 0.3) is 0 Å². The van der Waals surface area contributed by atoms with Crippen molar-refractivity contribution < 1.29 is 14.9 Å². The monoisotopic (exact) mass is 232 g/mol. The molecule has 1 rings (SSSR count). The first-order valence-corrected chi connectivity index (χ1v) is 4.12. The Morgan fingerprint density at radius 2 is 2.00 bits per heavy atom. The van der Waals surface area contributed by atoms with E-state index in [0.717, 1.165) is 0 Å². The Labute approximate surface area is 78.7 Å². The molecule has 0 heterocycles. The zero-order chi connectivity index (χ0) is 9.30. The maximum Gasteiger partial charge on any atom is 0.164 e. The normalized spacial score (nSPS) is 9.92. The Bertz CT molecular complexity index is 310. The summed E-state index contributed by atoms with van der Waals surface area (Å²) in [5.74, 6) is 0.237. The molecule has 0 atom stereocenters. The van der Waals surface area contributed by atoms with Crippen LogP contribution in [0.4, 0.5) is 0 Å². The van der Waals surface area contributed by atoms with E-state index in [4.69, 9.17) is 9.84 Å². The van der Waals surface area contributed by atoms with E-state index in [1.807, 2.05) is 0 Å². The average Bonchev–Trinajstić information content (AvgIpc) is 2.01. The number of ether oxygens (including phenoxy) is 1. The number of phenolic OH excluding ortho intramolecular Hbond substituents is 2. The summed E-state index contributed by atoms with van der Waals surface area (Å²) in [6.45, 7) is 1.67. The van der Waals surface area contributed by atoms with Crippen LogP contribution in [0.2, 0.25) is 0 Å². The third-order valence-corrected chi connectivity index (χ3v) is 2.21. The zero-order valence-electron chi connectivity index (χ0n) is 6.76. The summed E-state index contributed by atoms with van der Waals surface area (Å²) < 4.78 is 5.62. The first kappa shape index (κ1) is 9.19. The zero-order valence-corrected chi connectivity index (χ0v) is 8.34. The molecule has 1 aromatic rings. The van der Waals surface area contributed by atoms with Crippen molar-refractivity contribution in [2.24, 2.45) is 0 Å². The smallest absolute Gasteiger partial charge is 0.164 e. The van der Waals surface area contributed by atoms with E-state index < -0.39 is 0 Å². The van der Waals surface area contributed by atoms with Gasteiger partial charge in [-0.2, -0.15) is 0 Å². The van der Waals surface area contributed by atoms with Gasteiger partial charge in [0.2, 0.25) is 0 Å². The van der Waals surface area contributed by atoms with Gasteiger partial charge in [0.05, 0.1) is 11.6 Å². The Kier molecular flexibility index (Phi) is 2.47. The molecule has 0 aromatic heterocycles. The van der Waals surface area contributed by atoms with Crippen LogP contribution in [0.3, 0.4) is 0 Å². The highest BCUT2D eigenvalue weighted by molar-refractivity contribution is 9.10. The van der Waals surface area contributed by atoms with Gasteiger partial charge >= 0.3 is 0 Å². The van der Waals surface area contributed by atoms with Gasteiger partial charge in [-0.25, -0.2) is 0 Å². The summed E-state index contributed by atoms with van der Waals surface area (Å²) in [6, 6.07) is 1.39. The predicted molar refractivity (Wildman–Crippen MR) is 48.8 cm³/mol. The van der Waals surface area contributed by atoms with Crippen LogP contribution in [0.15, 0.2) is 10.5 Å². The summed E-state index contributed by atoms with van der Waals surface area (Å²) in [4.78, 5) is 0. The van der Waals surface area contributed by atoms with Gasteiger partial charge in [-0.1, -0.05) is 0 Å². The number of aromatic hydroxyl groups is 2. The lowest BCUT2D eigenvalue weighted by molar-refractivity contribution is 0.379. The second kappa shape index (κ2) is 3.23. The molecule has 0 aliphatic carbocycles. The molecule has 0 fully saturated rings. The minimum atomic E-state index is -0.153. The standard InChI is InChI=1S/C8H9BrO3/c1-4-7(11)6(10)3-5(9)8(4)12-2/h3,10-11H,1-2H3. The molecule has 2 N–H and O–H groups in total. The van der Waals surface area contributed by atoms with Gasteiger partial charge < -0.3 is 14.9 Å². The molecule has 0 saturated heterocycles. The van der Waals surface area contributed by atoms with Gasteiger partial charge in [0.15, 0.2) is 11.5 Å². The highest BCUT2D eigenvalue weighted by Crippen LogP contribution is 2.40. The van der Waals surface area contributed by atoms with Gasteiger partial charge in [-0.05, 0) is 22.9 Å². The van der Waals surface area contributed by atoms with Crippen molar-refractivity contribution in [1.82, 2.24) is 0 Å². The van der Waals surface area contributed by atoms with Gasteiger partial charge in [0.1, 0.15) is 5.75 Å². The van der Waals surface area contributed by atoms with Crippen LogP contribution in [0, 0.1) is 6.92 Å². The third kappa shape index (κ3) is 1.34. The van der Waals surface area contributed by atoms with E-state index >= 15 is 0 Å². The number of hydrogen-bond donors (Lipinski definition) is 2. The number of hydrogen-bond acceptors (Lipinski definition) is 3. The van der Waals surface area contributed by atoms with E-state index in [1.54, 1.807) is 6.92 Å². The van der Waals surface area contributed by atoms with Gasteiger partial charge in [-0.3, -0.25) is 0 Å². The topological polar surface area (TPSA) is 49.7 Å². The number of benzene rings is 1. The molecule has 0 radical (unpaired) electrons. The molecule has 66 valence electrons. The van der Waals surface area contributed by atoms with Crippen LogP contribution < -0.4 is 4.74 Å². The summed E-state index contributed by atoms with van der Waals surface area (Å²) in [5, 5.41) is 18.5. The van der Waals surface area contributed by atoms with Crippen molar-refractivity contribution in [3.63, 3.8) is 0 Å². The molecule has 0 aliphatic rings. The maximum atomic E-state index is 9.29. The molecule has 0 spiro atoms. The molecule has 0 bridgehead atoms. The van der Waals surface area contributed by atoms with E-state index in [-0.39, 0.29) is 11.5 Å². The Balaban J connectivity index is 3.40. The molecule has 12 heavy (non-hydrogen) atoms. The molecular formula is C8H9BrO3. The SMILES string of the molecule is COc1c(Br)cc(O)c(O)c1C. The number of rotatable bonds is 1. The van der Waals surface area contributed by atoms with Crippen molar-refractivity contribution in [3.05, 3.63) is 16.1 Å². The Morgan fingerprint density at radius 3 is 2.50 bits per heavy atom. The third-order valence-electron chi connectivity index (χ3n) is 1.62. The van der Waals surface area contributed by atoms with Crippen molar-refractivity contribution in [3.8, 4) is 17.2 Å². The maximum absolute atomic E-state index is 9.29. The molecular weight excluding hydrogens is 224 g/mol. The summed E-state index contributed by atoms with van der Waals surface area (Å²) in [7, 11) is 1.50. The Hall–Kier alpha value is -0.900. The van der Waals surface area contributed by atoms with Gasteiger partial charge in [0, 0.05) is 11.6 Å². The molecule has 0 amide bonds. The minimum absolute atomic E-state index is 0.143. The molecule has 4 heteroatoms. The van der Waals surface area contributed by atoms with Crippen molar-refractivity contribution >= 4 is 15.9 Å². The lowest BCUT2D eigenvalue weighted by Gasteiger charge is -2.09. The van der Waals surface area contributed by atoms with E-state index in [9.17, 15) is 5.11 Å². The predicted octanol–water partition coefficient (Wildman–Crippen LogP) is 2.18. The van der Waals surface area contributed by atoms with Crippen LogP contribution in [0.25, 0.3) is 0 Å². The van der Waals surface area contributed by atoms with E-state index in [1.165, 1.54) is 13.2 Å². The first-order valence-electron chi connectivity index (χ1n) is 3.33. The molecule has 1 aromatic carbocycles. The summed E-state index contributed by atoms with van der Waals surface area (Å²) >= 11 is 3.20. The van der Waals surface area contributed by atoms with Crippen LogP contribution in [-0.2, 0) is 0 Å². The second-order valence-electron chi connectivity index (χ2n) is 2.38. The van der Waals surface area contributed by atoms with E-state index in [2.05, 4.69) is 15.9 Å². The lowest BCUT2D eigenvalue weighted by Crippen LogP contribution is -1.89. The van der Waals surface area contributed by atoms with Crippen LogP contribution >= 0.6 is 15.9 Å². The van der Waals surface area contributed by atoms with Gasteiger partial charge in [-0.15, -0.1) is 0 Å². The molecule has 0 unspecified atom stereocenters. The van der Waals surface area contributed by atoms with Crippen molar-refractivity contribution in [2.75, 3.05) is 7.11 Å². The summed E-state index contributed by atoms with van der Waals surface area (Å²) in [6.07, 6.45) is 0. The highest BCUT2D eigenvalue weighted by atomic mass is 79.9. The fourth-order valence-corrected chi connectivity index (χ4v) is 1.66. The largest absolute Gasteiger partial charge is 0.504 e. The fraction of sp³-hybridized carbons (Fsp3) is 0.250. The van der Waals surface area contributed by atoms with Crippen LogP contribution in [-0.4, -0.2) is 17.3 Å². The first-order chi connectivity index (χ1) is 5.57. The summed E-state index contributed by atoms with van der Waals surface area (Å²) in [5.41, 5.74) is 0.518. The number of methoxy groups -OCH3 is 1. The minimum Gasteiger partial charge on any atom is -0.504 e. The van der Waals surface area contributed by atoms with Crippen molar-refractivity contribution in [2.45, 2.75) is 6.92 Å². The highest BCUT2D eigenvalue weighted by Gasteiger charge is 2.12. The van der Waals surface area contributed by atoms with Crippen LogP contribution in [0.1, 0.15) is 5.56 Å². The quantitative estimate of drug-likeness (QED) is 0.731. The molecule has 0 saturated carbocycles. The molecule has 0 aliphatic heterocycles. The van der Waals surface area contributed by atoms with E-state index in [0.29, 0.717) is 15.8 Å². The Morgan fingerprint density at radius 1 is 1.42 bits per heavy atom. The lowest BCUT2D eigenvalue weighted by atomic mass is 10.2. The van der Waals surface area contributed by atoms with Crippen LogP contribution in [0.5, 0.6) is 17.2 Å². The second-order valence-corrected chi connectivity index (χ2v) is 3.24. The number of halogens is 1. The number of phenols is 2. The average molecular weight is 233 g/mol. The molecule has 3 nitrogen and oxygen atoms in total. The fourth-order valence-electron chi connectivity index (χ4n) is 0.983.